The molecule has 1 heterocycles. The number of aromatic hydroxyl groups is 2. The van der Waals surface area contributed by atoms with Crippen molar-refractivity contribution in [2.24, 2.45) is 0 Å². The largest absolute Gasteiger partial charge is 0.508 e. The number of nitrogens with one attached hydrogen (secondary N) is 1. The molecule has 9 heteroatoms. The summed E-state index contributed by atoms with van der Waals surface area (Å²) < 4.78 is 0. The number of hydrogen-bond donors (Lipinski definition) is 3. The van der Waals surface area contributed by atoms with Crippen molar-refractivity contribution in [2.45, 2.75) is 0 Å². The zero-order valence-electron chi connectivity index (χ0n) is 12.0. The maximum Gasteiger partial charge on any atom is 0.232 e. The van der Waals surface area contributed by atoms with Crippen molar-refractivity contribution in [1.29, 1.82) is 0 Å². The van der Waals surface area contributed by atoms with E-state index < -0.39 is 0 Å². The molecular formula is C15H11Cl3N4O2. The van der Waals surface area contributed by atoms with Gasteiger partial charge in [0.2, 0.25) is 16.5 Å². The maximum absolute atomic E-state index is 8.65. The molecule has 24 heavy (non-hydrogen) atoms. The summed E-state index contributed by atoms with van der Waals surface area (Å²) in [5, 5.41) is 20.8. The lowest BCUT2D eigenvalue weighted by Gasteiger charge is -2.06. The predicted molar refractivity (Wildman–Crippen MR) is 94.4 cm³/mol. The molecule has 0 unspecified atom stereocenters. The molecule has 3 aromatic rings. The lowest BCUT2D eigenvalue weighted by Crippen LogP contribution is -1.99. The smallest absolute Gasteiger partial charge is 0.232 e. The SMILES string of the molecule is Clc1nc(Cl)nc(Nc2ccccc2Cl)n1.Oc1cccc(O)c1. The lowest BCUT2D eigenvalue weighted by molar-refractivity contribution is 0.450. The van der Waals surface area contributed by atoms with E-state index in [1.165, 1.54) is 18.2 Å². The van der Waals surface area contributed by atoms with Crippen molar-refractivity contribution >= 4 is 46.4 Å². The summed E-state index contributed by atoms with van der Waals surface area (Å²) >= 11 is 17.2. The van der Waals surface area contributed by atoms with Gasteiger partial charge in [0.15, 0.2) is 0 Å². The van der Waals surface area contributed by atoms with Crippen LogP contribution in [0, 0.1) is 0 Å². The van der Waals surface area contributed by atoms with Gasteiger partial charge >= 0.3 is 0 Å². The van der Waals surface area contributed by atoms with E-state index in [2.05, 4.69) is 20.3 Å². The molecule has 0 spiro atoms. The average molecular weight is 386 g/mol. The second-order valence-electron chi connectivity index (χ2n) is 4.32. The van der Waals surface area contributed by atoms with Gasteiger partial charge in [0.05, 0.1) is 10.7 Å². The summed E-state index contributed by atoms with van der Waals surface area (Å²) in [7, 11) is 0. The van der Waals surface area contributed by atoms with Gasteiger partial charge < -0.3 is 15.5 Å². The third kappa shape index (κ3) is 5.73. The van der Waals surface area contributed by atoms with Gasteiger partial charge in [0, 0.05) is 6.07 Å². The van der Waals surface area contributed by atoms with Crippen LogP contribution in [0.15, 0.2) is 48.5 Å². The van der Waals surface area contributed by atoms with Gasteiger partial charge in [-0.25, -0.2) is 0 Å². The Labute approximate surface area is 152 Å². The van der Waals surface area contributed by atoms with Crippen molar-refractivity contribution < 1.29 is 10.2 Å². The first kappa shape index (κ1) is 18.1. The Morgan fingerprint density at radius 1 is 0.750 bits per heavy atom. The molecule has 6 nitrogen and oxygen atoms in total. The number of para-hydroxylation sites is 1. The summed E-state index contributed by atoms with van der Waals surface area (Å²) in [6.45, 7) is 0. The normalized spacial score (nSPS) is 9.79. The molecule has 0 aliphatic rings. The second kappa shape index (κ2) is 8.54. The van der Waals surface area contributed by atoms with E-state index in [0.717, 1.165) is 0 Å². The summed E-state index contributed by atoms with van der Waals surface area (Å²) in [6.07, 6.45) is 0. The molecule has 0 radical (unpaired) electrons. The van der Waals surface area contributed by atoms with Crippen molar-refractivity contribution in [3.63, 3.8) is 0 Å². The number of nitrogens with zero attached hydrogens (tertiary/aromatic N) is 3. The number of anilines is 2. The van der Waals surface area contributed by atoms with Gasteiger partial charge in [-0.3, -0.25) is 0 Å². The number of rotatable bonds is 2. The molecule has 2 aromatic carbocycles. The van der Waals surface area contributed by atoms with Crippen LogP contribution >= 0.6 is 34.8 Å². The molecule has 1 aromatic heterocycles. The minimum atomic E-state index is 0.0227. The lowest BCUT2D eigenvalue weighted by atomic mass is 10.3. The highest BCUT2D eigenvalue weighted by molar-refractivity contribution is 6.33. The van der Waals surface area contributed by atoms with Crippen LogP contribution < -0.4 is 5.32 Å². The number of phenols is 2. The summed E-state index contributed by atoms with van der Waals surface area (Å²) in [5.41, 5.74) is 0.669. The van der Waals surface area contributed by atoms with E-state index in [4.69, 9.17) is 45.0 Å². The molecule has 0 fully saturated rings. The fraction of sp³-hybridized carbons (Fsp3) is 0. The molecule has 0 bridgehead atoms. The van der Waals surface area contributed by atoms with Crippen molar-refractivity contribution in [2.75, 3.05) is 5.32 Å². The third-order valence-corrected chi connectivity index (χ3v) is 3.20. The standard InChI is InChI=1S/C9H5Cl3N4.C6H6O2/c10-5-3-1-2-4-6(5)13-9-15-7(11)14-8(12)16-9;7-5-2-1-3-6(8)4-5/h1-4H,(H,13,14,15,16);1-4,7-8H. The van der Waals surface area contributed by atoms with Crippen LogP contribution in [0.2, 0.25) is 15.6 Å². The molecule has 0 aliphatic carbocycles. The summed E-state index contributed by atoms with van der Waals surface area (Å²) in [5.74, 6) is 0.424. The summed E-state index contributed by atoms with van der Waals surface area (Å²) in [6, 6.07) is 13.0. The highest BCUT2D eigenvalue weighted by Gasteiger charge is 2.05. The minimum Gasteiger partial charge on any atom is -0.508 e. The Morgan fingerprint density at radius 3 is 1.83 bits per heavy atom. The first-order valence-corrected chi connectivity index (χ1v) is 7.64. The minimum absolute atomic E-state index is 0.0227. The van der Waals surface area contributed by atoms with Crippen LogP contribution in [0.5, 0.6) is 11.5 Å². The number of benzene rings is 2. The highest BCUT2D eigenvalue weighted by atomic mass is 35.5. The Hall–Kier alpha value is -2.28. The Morgan fingerprint density at radius 2 is 1.33 bits per heavy atom. The van der Waals surface area contributed by atoms with E-state index in [1.807, 2.05) is 12.1 Å². The van der Waals surface area contributed by atoms with Gasteiger partial charge in [0.1, 0.15) is 11.5 Å². The van der Waals surface area contributed by atoms with Gasteiger partial charge in [-0.05, 0) is 47.5 Å². The topological polar surface area (TPSA) is 91.2 Å². The Bertz CT molecular complexity index is 796. The van der Waals surface area contributed by atoms with E-state index in [1.54, 1.807) is 18.2 Å². The second-order valence-corrected chi connectivity index (χ2v) is 5.41. The van der Waals surface area contributed by atoms with Crippen molar-refractivity contribution in [1.82, 2.24) is 15.0 Å². The number of aromatic nitrogens is 3. The Balaban J connectivity index is 0.000000219. The van der Waals surface area contributed by atoms with Crippen LogP contribution in [-0.4, -0.2) is 25.2 Å². The molecule has 0 saturated carbocycles. The molecular weight excluding hydrogens is 375 g/mol. The average Bonchev–Trinajstić information content (AvgIpc) is 2.49. The van der Waals surface area contributed by atoms with Crippen molar-refractivity contribution in [3.8, 4) is 11.5 Å². The fourth-order valence-electron chi connectivity index (χ4n) is 1.56. The first-order valence-electron chi connectivity index (χ1n) is 6.50. The van der Waals surface area contributed by atoms with Gasteiger partial charge in [0.25, 0.3) is 0 Å². The predicted octanol–water partition coefficient (Wildman–Crippen LogP) is 4.67. The van der Waals surface area contributed by atoms with Crippen molar-refractivity contribution in [3.05, 3.63) is 64.1 Å². The number of halogens is 3. The van der Waals surface area contributed by atoms with Gasteiger partial charge in [-0.15, -0.1) is 0 Å². The maximum atomic E-state index is 8.65. The summed E-state index contributed by atoms with van der Waals surface area (Å²) in [4.78, 5) is 11.4. The molecule has 0 saturated heterocycles. The van der Waals surface area contributed by atoms with E-state index in [9.17, 15) is 0 Å². The van der Waals surface area contributed by atoms with Gasteiger partial charge in [-0.2, -0.15) is 15.0 Å². The number of phenolic OH excluding ortho intramolecular Hbond substituents is 2. The molecule has 3 N–H and O–H groups in total. The van der Waals surface area contributed by atoms with E-state index in [0.29, 0.717) is 10.7 Å². The monoisotopic (exact) mass is 384 g/mol. The van der Waals surface area contributed by atoms with Crippen LogP contribution in [0.1, 0.15) is 0 Å². The Kier molecular flexibility index (Phi) is 6.43. The van der Waals surface area contributed by atoms with Gasteiger partial charge in [-0.1, -0.05) is 29.8 Å². The van der Waals surface area contributed by atoms with Crippen LogP contribution in [0.4, 0.5) is 11.6 Å². The number of hydrogen-bond acceptors (Lipinski definition) is 6. The quantitative estimate of drug-likeness (QED) is 0.593. The van der Waals surface area contributed by atoms with Crippen LogP contribution in [-0.2, 0) is 0 Å². The zero-order valence-corrected chi connectivity index (χ0v) is 14.3. The van der Waals surface area contributed by atoms with Crippen LogP contribution in [0.3, 0.4) is 0 Å². The van der Waals surface area contributed by atoms with Crippen LogP contribution in [0.25, 0.3) is 0 Å². The molecule has 0 atom stereocenters. The molecule has 3 rings (SSSR count). The highest BCUT2D eigenvalue weighted by Crippen LogP contribution is 2.23. The fourth-order valence-corrected chi connectivity index (χ4v) is 2.10. The zero-order chi connectivity index (χ0) is 17.5. The molecule has 124 valence electrons. The molecule has 0 amide bonds. The van der Waals surface area contributed by atoms with E-state index in [-0.39, 0.29) is 28.0 Å². The first-order chi connectivity index (χ1) is 11.4. The molecule has 0 aliphatic heterocycles. The third-order valence-electron chi connectivity index (χ3n) is 2.53. The van der Waals surface area contributed by atoms with E-state index >= 15 is 0 Å².